The molecule has 3 aromatic rings. The fourth-order valence-corrected chi connectivity index (χ4v) is 2.60. The van der Waals surface area contributed by atoms with Crippen LogP contribution >= 0.6 is 23.2 Å². The number of benzene rings is 2. The van der Waals surface area contributed by atoms with Gasteiger partial charge in [-0.25, -0.2) is 9.37 Å². The largest absolute Gasteiger partial charge is 0.292 e. The van der Waals surface area contributed by atoms with Gasteiger partial charge in [-0.2, -0.15) is 0 Å². The summed E-state index contributed by atoms with van der Waals surface area (Å²) < 4.78 is 15.8. The second-order valence-corrected chi connectivity index (χ2v) is 5.29. The highest BCUT2D eigenvalue weighted by molar-refractivity contribution is 6.30. The third-order valence-corrected chi connectivity index (χ3v) is 3.62. The highest BCUT2D eigenvalue weighted by atomic mass is 35.5. The van der Waals surface area contributed by atoms with Gasteiger partial charge in [-0.1, -0.05) is 17.7 Å². The Morgan fingerprint density at radius 1 is 1.20 bits per heavy atom. The Bertz CT molecular complexity index is 796. The zero-order valence-corrected chi connectivity index (χ0v) is 12.2. The summed E-state index contributed by atoms with van der Waals surface area (Å²) in [6.45, 7) is 1.98. The van der Waals surface area contributed by atoms with Gasteiger partial charge in [0.25, 0.3) is 0 Å². The maximum atomic E-state index is 14.1. The minimum Gasteiger partial charge on any atom is -0.292 e. The zero-order chi connectivity index (χ0) is 14.3. The van der Waals surface area contributed by atoms with Crippen LogP contribution in [0.5, 0.6) is 0 Å². The van der Waals surface area contributed by atoms with Crippen LogP contribution < -0.4 is 0 Å². The molecular weight excluding hydrogens is 298 g/mol. The number of aromatic nitrogens is 2. The first-order chi connectivity index (χ1) is 9.60. The van der Waals surface area contributed by atoms with E-state index < -0.39 is 0 Å². The molecule has 20 heavy (non-hydrogen) atoms. The van der Waals surface area contributed by atoms with Gasteiger partial charge in [-0.05, 0) is 42.8 Å². The van der Waals surface area contributed by atoms with Crippen LogP contribution in [0.3, 0.4) is 0 Å². The van der Waals surface area contributed by atoms with Crippen molar-refractivity contribution in [1.82, 2.24) is 9.55 Å². The normalized spacial score (nSPS) is 11.2. The molecule has 1 heterocycles. The van der Waals surface area contributed by atoms with Gasteiger partial charge in [0.1, 0.15) is 11.6 Å². The van der Waals surface area contributed by atoms with Gasteiger partial charge in [0.15, 0.2) is 0 Å². The molecule has 0 atom stereocenters. The minimum absolute atomic E-state index is 0.194. The standard InChI is InChI=1S/C15H11Cl2FN2/c1-9-2-5-12-14(6-9)20(15(8-16)19-12)13-7-10(17)3-4-11(13)18/h2-7H,8H2,1H3. The van der Waals surface area contributed by atoms with Gasteiger partial charge in [-0.3, -0.25) is 4.57 Å². The maximum Gasteiger partial charge on any atom is 0.147 e. The van der Waals surface area contributed by atoms with E-state index in [1.807, 2.05) is 25.1 Å². The maximum absolute atomic E-state index is 14.1. The SMILES string of the molecule is Cc1ccc2nc(CCl)n(-c3cc(Cl)ccc3F)c2c1. The average Bonchev–Trinajstić information content (AvgIpc) is 2.79. The Hall–Kier alpha value is -1.58. The highest BCUT2D eigenvalue weighted by Gasteiger charge is 2.15. The van der Waals surface area contributed by atoms with Crippen LogP contribution in [0.25, 0.3) is 16.7 Å². The summed E-state index contributed by atoms with van der Waals surface area (Å²) in [6, 6.07) is 10.3. The van der Waals surface area contributed by atoms with Crippen molar-refractivity contribution in [2.24, 2.45) is 0 Å². The summed E-state index contributed by atoms with van der Waals surface area (Å²) >= 11 is 11.9. The van der Waals surface area contributed by atoms with Crippen LogP contribution in [-0.4, -0.2) is 9.55 Å². The first-order valence-electron chi connectivity index (χ1n) is 6.09. The van der Waals surface area contributed by atoms with Gasteiger partial charge in [0.2, 0.25) is 0 Å². The number of nitrogens with zero attached hydrogens (tertiary/aromatic N) is 2. The fraction of sp³-hybridized carbons (Fsp3) is 0.133. The van der Waals surface area contributed by atoms with Crippen molar-refractivity contribution in [3.8, 4) is 5.69 Å². The van der Waals surface area contributed by atoms with Crippen LogP contribution in [0.2, 0.25) is 5.02 Å². The molecule has 5 heteroatoms. The van der Waals surface area contributed by atoms with Gasteiger partial charge >= 0.3 is 0 Å². The molecule has 0 aliphatic heterocycles. The number of halogens is 3. The molecule has 0 spiro atoms. The van der Waals surface area contributed by atoms with E-state index in [1.54, 1.807) is 10.6 Å². The third kappa shape index (κ3) is 2.17. The molecule has 0 fully saturated rings. The Kier molecular flexibility index (Phi) is 3.40. The molecule has 0 N–H and O–H groups in total. The number of rotatable bonds is 2. The number of alkyl halides is 1. The van der Waals surface area contributed by atoms with Crippen LogP contribution in [0.15, 0.2) is 36.4 Å². The smallest absolute Gasteiger partial charge is 0.147 e. The molecular formula is C15H11Cl2FN2. The lowest BCUT2D eigenvalue weighted by molar-refractivity contribution is 0.618. The predicted octanol–water partition coefficient (Wildman–Crippen LogP) is 4.87. The van der Waals surface area contributed by atoms with Crippen LogP contribution in [0.1, 0.15) is 11.4 Å². The molecule has 3 rings (SSSR count). The van der Waals surface area contributed by atoms with E-state index in [2.05, 4.69) is 4.98 Å². The number of fused-ring (bicyclic) bond motifs is 1. The zero-order valence-electron chi connectivity index (χ0n) is 10.7. The second-order valence-electron chi connectivity index (χ2n) is 4.58. The average molecular weight is 309 g/mol. The Labute approximate surface area is 125 Å². The molecule has 0 aliphatic carbocycles. The summed E-state index contributed by atoms with van der Waals surface area (Å²) in [4.78, 5) is 4.44. The Balaban J connectivity index is 2.39. The van der Waals surface area contributed by atoms with Crippen molar-refractivity contribution in [1.29, 1.82) is 0 Å². The lowest BCUT2D eigenvalue weighted by Crippen LogP contribution is -2.02. The number of hydrogen-bond acceptors (Lipinski definition) is 1. The quantitative estimate of drug-likeness (QED) is 0.618. The van der Waals surface area contributed by atoms with E-state index >= 15 is 0 Å². The molecule has 102 valence electrons. The monoisotopic (exact) mass is 308 g/mol. The number of imidazole rings is 1. The molecule has 0 radical (unpaired) electrons. The highest BCUT2D eigenvalue weighted by Crippen LogP contribution is 2.27. The first kappa shape index (κ1) is 13.4. The van der Waals surface area contributed by atoms with E-state index in [0.29, 0.717) is 16.5 Å². The second kappa shape index (κ2) is 5.08. The molecule has 0 aliphatic rings. The van der Waals surface area contributed by atoms with Crippen molar-refractivity contribution in [3.05, 3.63) is 58.6 Å². The van der Waals surface area contributed by atoms with Crippen molar-refractivity contribution in [2.45, 2.75) is 12.8 Å². The van der Waals surface area contributed by atoms with Gasteiger partial charge in [0.05, 0.1) is 22.6 Å². The summed E-state index contributed by atoms with van der Waals surface area (Å²) in [6.07, 6.45) is 0. The molecule has 0 saturated carbocycles. The summed E-state index contributed by atoms with van der Waals surface area (Å²) in [5.41, 5.74) is 3.04. The molecule has 2 nitrogen and oxygen atoms in total. The fourth-order valence-electron chi connectivity index (χ4n) is 2.25. The van der Waals surface area contributed by atoms with E-state index in [1.165, 1.54) is 12.1 Å². The Morgan fingerprint density at radius 3 is 2.75 bits per heavy atom. The molecule has 2 aromatic carbocycles. The predicted molar refractivity (Wildman–Crippen MR) is 80.3 cm³/mol. The summed E-state index contributed by atoms with van der Waals surface area (Å²) in [7, 11) is 0. The molecule has 0 bridgehead atoms. The van der Waals surface area contributed by atoms with Crippen molar-refractivity contribution >= 4 is 34.2 Å². The van der Waals surface area contributed by atoms with Crippen molar-refractivity contribution < 1.29 is 4.39 Å². The Morgan fingerprint density at radius 2 is 2.00 bits per heavy atom. The molecule has 0 unspecified atom stereocenters. The summed E-state index contributed by atoms with van der Waals surface area (Å²) in [5, 5.41) is 0.469. The van der Waals surface area contributed by atoms with E-state index in [-0.39, 0.29) is 11.7 Å². The van der Waals surface area contributed by atoms with Crippen molar-refractivity contribution in [2.75, 3.05) is 0 Å². The van der Waals surface area contributed by atoms with Gasteiger partial charge in [-0.15, -0.1) is 11.6 Å². The van der Waals surface area contributed by atoms with E-state index in [0.717, 1.165) is 16.6 Å². The van der Waals surface area contributed by atoms with Crippen molar-refractivity contribution in [3.63, 3.8) is 0 Å². The third-order valence-electron chi connectivity index (χ3n) is 3.15. The minimum atomic E-state index is -0.360. The molecule has 1 aromatic heterocycles. The van der Waals surface area contributed by atoms with E-state index in [4.69, 9.17) is 23.2 Å². The van der Waals surface area contributed by atoms with E-state index in [9.17, 15) is 4.39 Å². The summed E-state index contributed by atoms with van der Waals surface area (Å²) in [5.74, 6) is 0.426. The molecule has 0 saturated heterocycles. The van der Waals surface area contributed by atoms with Crippen LogP contribution in [0, 0.1) is 12.7 Å². The van der Waals surface area contributed by atoms with Crippen LogP contribution in [0.4, 0.5) is 4.39 Å². The molecule has 0 amide bonds. The van der Waals surface area contributed by atoms with Gasteiger partial charge in [0, 0.05) is 5.02 Å². The topological polar surface area (TPSA) is 17.8 Å². The number of hydrogen-bond donors (Lipinski definition) is 0. The van der Waals surface area contributed by atoms with Crippen LogP contribution in [-0.2, 0) is 5.88 Å². The lowest BCUT2D eigenvalue weighted by atomic mass is 10.2. The lowest BCUT2D eigenvalue weighted by Gasteiger charge is -2.09. The first-order valence-corrected chi connectivity index (χ1v) is 7.01. The number of aryl methyl sites for hydroxylation is 1. The van der Waals surface area contributed by atoms with Gasteiger partial charge < -0.3 is 0 Å².